The summed E-state index contributed by atoms with van der Waals surface area (Å²) in [4.78, 5) is 2.30. The molecule has 0 aliphatic carbocycles. The van der Waals surface area contributed by atoms with Crippen molar-refractivity contribution in [3.05, 3.63) is 64.9 Å². The topological polar surface area (TPSA) is 49.4 Å². The molecule has 1 aliphatic rings. The molecule has 2 aromatic rings. The lowest BCUT2D eigenvalue weighted by Crippen LogP contribution is -2.38. The fourth-order valence-electron chi connectivity index (χ4n) is 3.16. The maximum atomic E-state index is 13.2. The zero-order valence-electron chi connectivity index (χ0n) is 14.4. The number of piperidine rings is 1. The highest BCUT2D eigenvalue weighted by molar-refractivity contribution is 7.89. The van der Waals surface area contributed by atoms with E-state index in [1.165, 1.54) is 18.2 Å². The van der Waals surface area contributed by atoms with Gasteiger partial charge in [0, 0.05) is 18.1 Å². The van der Waals surface area contributed by atoms with E-state index in [1.807, 2.05) is 24.3 Å². The Bertz CT molecular complexity index is 852. The van der Waals surface area contributed by atoms with Gasteiger partial charge in [0.15, 0.2) is 0 Å². The van der Waals surface area contributed by atoms with Crippen LogP contribution in [0.15, 0.2) is 53.4 Å². The molecule has 0 aromatic heterocycles. The van der Waals surface area contributed by atoms with E-state index < -0.39 is 15.8 Å². The van der Waals surface area contributed by atoms with Crippen molar-refractivity contribution in [2.24, 2.45) is 5.92 Å². The van der Waals surface area contributed by atoms with Gasteiger partial charge in [-0.25, -0.2) is 17.5 Å². The third kappa shape index (κ3) is 5.04. The van der Waals surface area contributed by atoms with E-state index in [1.54, 1.807) is 0 Å². The fourth-order valence-corrected chi connectivity index (χ4v) is 4.50. The van der Waals surface area contributed by atoms with E-state index in [0.717, 1.165) is 49.1 Å². The Morgan fingerprint density at radius 3 is 2.54 bits per heavy atom. The first kappa shape index (κ1) is 19.3. The van der Waals surface area contributed by atoms with Gasteiger partial charge in [-0.1, -0.05) is 35.9 Å². The van der Waals surface area contributed by atoms with Gasteiger partial charge in [0.1, 0.15) is 5.82 Å². The lowest BCUT2D eigenvalue weighted by Gasteiger charge is -2.32. The molecule has 0 atom stereocenters. The summed E-state index contributed by atoms with van der Waals surface area (Å²) in [5, 5.41) is 0.775. The SMILES string of the molecule is O=S(=O)(NCC1CCN(Cc2ccccc2Cl)CC1)c1cccc(F)c1. The predicted octanol–water partition coefficient (Wildman–Crippen LogP) is 3.67. The van der Waals surface area contributed by atoms with Gasteiger partial charge in [-0.15, -0.1) is 0 Å². The minimum absolute atomic E-state index is 0.0337. The first-order chi connectivity index (χ1) is 12.4. The molecule has 1 N–H and O–H groups in total. The molecule has 7 heteroatoms. The maximum Gasteiger partial charge on any atom is 0.240 e. The zero-order valence-corrected chi connectivity index (χ0v) is 15.9. The van der Waals surface area contributed by atoms with Gasteiger partial charge in [-0.3, -0.25) is 4.90 Å². The van der Waals surface area contributed by atoms with Crippen LogP contribution >= 0.6 is 11.6 Å². The van der Waals surface area contributed by atoms with Gasteiger partial charge in [0.05, 0.1) is 4.90 Å². The van der Waals surface area contributed by atoms with Gasteiger partial charge >= 0.3 is 0 Å². The second kappa shape index (κ2) is 8.48. The van der Waals surface area contributed by atoms with Crippen molar-refractivity contribution in [2.45, 2.75) is 24.3 Å². The molecule has 0 bridgehead atoms. The number of benzene rings is 2. The second-order valence-corrected chi connectivity index (χ2v) is 8.79. The first-order valence-electron chi connectivity index (χ1n) is 8.65. The van der Waals surface area contributed by atoms with E-state index in [-0.39, 0.29) is 10.8 Å². The highest BCUT2D eigenvalue weighted by Crippen LogP contribution is 2.22. The average Bonchev–Trinajstić information content (AvgIpc) is 2.63. The minimum Gasteiger partial charge on any atom is -0.299 e. The molecule has 2 aromatic carbocycles. The summed E-state index contributed by atoms with van der Waals surface area (Å²) >= 11 is 6.21. The smallest absolute Gasteiger partial charge is 0.240 e. The van der Waals surface area contributed by atoms with Gasteiger partial charge in [0.2, 0.25) is 10.0 Å². The molecule has 1 fully saturated rings. The monoisotopic (exact) mass is 396 g/mol. The Balaban J connectivity index is 1.49. The second-order valence-electron chi connectivity index (χ2n) is 6.62. The van der Waals surface area contributed by atoms with Crippen LogP contribution < -0.4 is 4.72 Å². The number of nitrogens with one attached hydrogen (secondary N) is 1. The number of likely N-dealkylation sites (tertiary alicyclic amines) is 1. The van der Waals surface area contributed by atoms with E-state index in [0.29, 0.717) is 6.54 Å². The van der Waals surface area contributed by atoms with Crippen molar-refractivity contribution in [1.29, 1.82) is 0 Å². The van der Waals surface area contributed by atoms with Crippen LogP contribution in [0.4, 0.5) is 4.39 Å². The quantitative estimate of drug-likeness (QED) is 0.810. The van der Waals surface area contributed by atoms with Crippen LogP contribution in [0.5, 0.6) is 0 Å². The van der Waals surface area contributed by atoms with Crippen molar-refractivity contribution in [1.82, 2.24) is 9.62 Å². The zero-order chi connectivity index (χ0) is 18.6. The molecular weight excluding hydrogens is 375 g/mol. The predicted molar refractivity (Wildman–Crippen MR) is 101 cm³/mol. The minimum atomic E-state index is -3.67. The summed E-state index contributed by atoms with van der Waals surface area (Å²) in [7, 11) is -3.67. The molecule has 0 amide bonds. The van der Waals surface area contributed by atoms with Crippen LogP contribution in [0.1, 0.15) is 18.4 Å². The maximum absolute atomic E-state index is 13.2. The van der Waals surface area contributed by atoms with E-state index in [9.17, 15) is 12.8 Å². The first-order valence-corrected chi connectivity index (χ1v) is 10.5. The molecule has 0 unspecified atom stereocenters. The van der Waals surface area contributed by atoms with Crippen LogP contribution in [-0.4, -0.2) is 33.0 Å². The molecule has 1 heterocycles. The normalized spacial score (nSPS) is 16.7. The highest BCUT2D eigenvalue weighted by Gasteiger charge is 2.22. The summed E-state index contributed by atoms with van der Waals surface area (Å²) in [6.07, 6.45) is 1.83. The Labute approximate surface area is 159 Å². The largest absolute Gasteiger partial charge is 0.299 e. The number of hydrogen-bond donors (Lipinski definition) is 1. The number of halogens is 2. The Hall–Kier alpha value is -1.47. The van der Waals surface area contributed by atoms with Crippen molar-refractivity contribution >= 4 is 21.6 Å². The summed E-state index contributed by atoms with van der Waals surface area (Å²) in [6.45, 7) is 2.98. The fraction of sp³-hybridized carbons (Fsp3) is 0.368. The molecule has 0 saturated carbocycles. The van der Waals surface area contributed by atoms with E-state index >= 15 is 0 Å². The van der Waals surface area contributed by atoms with Gasteiger partial charge in [-0.2, -0.15) is 0 Å². The van der Waals surface area contributed by atoms with Crippen molar-refractivity contribution in [2.75, 3.05) is 19.6 Å². The average molecular weight is 397 g/mol. The van der Waals surface area contributed by atoms with Crippen molar-refractivity contribution in [3.8, 4) is 0 Å². The summed E-state index contributed by atoms with van der Waals surface area (Å²) in [6, 6.07) is 12.9. The summed E-state index contributed by atoms with van der Waals surface area (Å²) in [5.74, 6) is -0.276. The van der Waals surface area contributed by atoms with Gasteiger partial charge < -0.3 is 0 Å². The third-order valence-corrected chi connectivity index (χ3v) is 6.52. The molecule has 1 aliphatic heterocycles. The Kier molecular flexibility index (Phi) is 6.29. The van der Waals surface area contributed by atoms with E-state index in [4.69, 9.17) is 11.6 Å². The standard InChI is InChI=1S/C19H22ClFN2O2S/c20-19-7-2-1-4-16(19)14-23-10-8-15(9-11-23)13-22-26(24,25)18-6-3-5-17(21)12-18/h1-7,12,15,22H,8-11,13-14H2. The van der Waals surface area contributed by atoms with Crippen LogP contribution in [0.3, 0.4) is 0 Å². The number of nitrogens with zero attached hydrogens (tertiary/aromatic N) is 1. The lowest BCUT2D eigenvalue weighted by molar-refractivity contribution is 0.178. The highest BCUT2D eigenvalue weighted by atomic mass is 35.5. The molecule has 26 heavy (non-hydrogen) atoms. The third-order valence-electron chi connectivity index (χ3n) is 4.73. The number of sulfonamides is 1. The molecule has 0 radical (unpaired) electrons. The molecule has 1 saturated heterocycles. The summed E-state index contributed by atoms with van der Waals surface area (Å²) < 4.78 is 40.4. The molecule has 140 valence electrons. The Morgan fingerprint density at radius 2 is 1.85 bits per heavy atom. The van der Waals surface area contributed by atoms with Gasteiger partial charge in [0.25, 0.3) is 0 Å². The molecule has 3 rings (SSSR count). The van der Waals surface area contributed by atoms with Gasteiger partial charge in [-0.05, 0) is 61.7 Å². The van der Waals surface area contributed by atoms with Crippen LogP contribution in [0.2, 0.25) is 5.02 Å². The van der Waals surface area contributed by atoms with Crippen LogP contribution in [0, 0.1) is 11.7 Å². The number of rotatable bonds is 6. The van der Waals surface area contributed by atoms with E-state index in [2.05, 4.69) is 9.62 Å². The van der Waals surface area contributed by atoms with Crippen LogP contribution in [-0.2, 0) is 16.6 Å². The number of hydrogen-bond acceptors (Lipinski definition) is 3. The van der Waals surface area contributed by atoms with Crippen molar-refractivity contribution in [3.63, 3.8) is 0 Å². The molecule has 0 spiro atoms. The lowest BCUT2D eigenvalue weighted by atomic mass is 9.97. The summed E-state index contributed by atoms with van der Waals surface area (Å²) in [5.41, 5.74) is 1.11. The van der Waals surface area contributed by atoms with Crippen LogP contribution in [0.25, 0.3) is 0 Å². The van der Waals surface area contributed by atoms with Crippen molar-refractivity contribution < 1.29 is 12.8 Å². The Morgan fingerprint density at radius 1 is 1.12 bits per heavy atom. The molecule has 4 nitrogen and oxygen atoms in total. The molecular formula is C19H22ClFN2O2S.